The van der Waals surface area contributed by atoms with Crippen LogP contribution in [-0.4, -0.2) is 21.5 Å². The van der Waals surface area contributed by atoms with Gasteiger partial charge in [0.1, 0.15) is 18.2 Å². The van der Waals surface area contributed by atoms with Crippen LogP contribution < -0.4 is 10.1 Å². The second kappa shape index (κ2) is 11.1. The predicted octanol–water partition coefficient (Wildman–Crippen LogP) is 7.62. The molecular formula is C35H31N3O2. The average molecular weight is 526 g/mol. The molecule has 0 atom stereocenters. The van der Waals surface area contributed by atoms with Crippen LogP contribution in [0.3, 0.4) is 0 Å². The molecule has 0 aliphatic heterocycles. The van der Waals surface area contributed by atoms with E-state index < -0.39 is 0 Å². The molecule has 1 aromatic heterocycles. The SMILES string of the molecule is CC(C)NC(=O)c1ccc2c(c1)nc(COc1ccc3ccccc3c1)n2Cc1ccc(-c2ccccc2)cc1. The number of carbonyl (C=O) groups excluding carboxylic acids is 1. The van der Waals surface area contributed by atoms with Gasteiger partial charge in [0.2, 0.25) is 0 Å². The van der Waals surface area contributed by atoms with Crippen LogP contribution in [-0.2, 0) is 13.2 Å². The molecule has 5 aromatic carbocycles. The lowest BCUT2D eigenvalue weighted by Crippen LogP contribution is -2.29. The zero-order valence-corrected chi connectivity index (χ0v) is 22.7. The van der Waals surface area contributed by atoms with Crippen LogP contribution in [0.5, 0.6) is 5.75 Å². The smallest absolute Gasteiger partial charge is 0.251 e. The number of amides is 1. The summed E-state index contributed by atoms with van der Waals surface area (Å²) < 4.78 is 8.43. The van der Waals surface area contributed by atoms with E-state index in [1.807, 2.05) is 56.3 Å². The monoisotopic (exact) mass is 525 g/mol. The van der Waals surface area contributed by atoms with E-state index >= 15 is 0 Å². The molecule has 0 saturated heterocycles. The summed E-state index contributed by atoms with van der Waals surface area (Å²) >= 11 is 0. The van der Waals surface area contributed by atoms with Gasteiger partial charge in [0.25, 0.3) is 5.91 Å². The molecule has 0 bridgehead atoms. The number of imidazole rings is 1. The van der Waals surface area contributed by atoms with Gasteiger partial charge in [0, 0.05) is 18.2 Å². The maximum Gasteiger partial charge on any atom is 0.251 e. The Labute approximate surface area is 234 Å². The fraction of sp³-hybridized carbons (Fsp3) is 0.143. The highest BCUT2D eigenvalue weighted by atomic mass is 16.5. The standard InChI is InChI=1S/C35H31N3O2/c1-24(2)36-35(39)30-17-19-33-32(21-30)37-34(23-40-31-18-16-27-10-6-7-11-29(27)20-31)38(33)22-25-12-14-28(15-13-25)26-8-4-3-5-9-26/h3-21,24H,22-23H2,1-2H3,(H,36,39). The highest BCUT2D eigenvalue weighted by Gasteiger charge is 2.15. The molecule has 0 unspecified atom stereocenters. The van der Waals surface area contributed by atoms with E-state index in [-0.39, 0.29) is 11.9 Å². The quantitative estimate of drug-likeness (QED) is 0.222. The third-order valence-corrected chi connectivity index (χ3v) is 7.00. The normalized spacial score (nSPS) is 11.3. The highest BCUT2D eigenvalue weighted by molar-refractivity contribution is 5.97. The van der Waals surface area contributed by atoms with Crippen LogP contribution in [0.2, 0.25) is 0 Å². The van der Waals surface area contributed by atoms with Gasteiger partial charge >= 0.3 is 0 Å². The van der Waals surface area contributed by atoms with Crippen LogP contribution in [0, 0.1) is 0 Å². The van der Waals surface area contributed by atoms with E-state index in [1.54, 1.807) is 0 Å². The molecule has 6 aromatic rings. The van der Waals surface area contributed by atoms with Gasteiger partial charge in [-0.2, -0.15) is 0 Å². The molecular weight excluding hydrogens is 494 g/mol. The Bertz CT molecular complexity index is 1790. The van der Waals surface area contributed by atoms with Gasteiger partial charge in [-0.15, -0.1) is 0 Å². The second-order valence-corrected chi connectivity index (χ2v) is 10.3. The molecule has 0 fully saturated rings. The van der Waals surface area contributed by atoms with Crippen molar-refractivity contribution in [2.75, 3.05) is 0 Å². The molecule has 40 heavy (non-hydrogen) atoms. The summed E-state index contributed by atoms with van der Waals surface area (Å²) in [5, 5.41) is 5.27. The minimum atomic E-state index is -0.100. The van der Waals surface area contributed by atoms with Crippen molar-refractivity contribution in [3.05, 3.63) is 132 Å². The summed E-state index contributed by atoms with van der Waals surface area (Å²) in [6.07, 6.45) is 0. The van der Waals surface area contributed by atoms with E-state index in [0.29, 0.717) is 18.7 Å². The van der Waals surface area contributed by atoms with Crippen molar-refractivity contribution in [1.29, 1.82) is 0 Å². The Morgan fingerprint density at radius 1 is 0.800 bits per heavy atom. The van der Waals surface area contributed by atoms with Gasteiger partial charge in [-0.05, 0) is 71.6 Å². The van der Waals surface area contributed by atoms with E-state index in [4.69, 9.17) is 9.72 Å². The van der Waals surface area contributed by atoms with Crippen molar-refractivity contribution in [2.24, 2.45) is 0 Å². The Hall–Kier alpha value is -4.90. The second-order valence-electron chi connectivity index (χ2n) is 10.3. The Morgan fingerprint density at radius 3 is 2.30 bits per heavy atom. The number of carbonyl (C=O) groups is 1. The summed E-state index contributed by atoms with van der Waals surface area (Å²) in [6.45, 7) is 4.86. The topological polar surface area (TPSA) is 56.1 Å². The Kier molecular flexibility index (Phi) is 7.02. The van der Waals surface area contributed by atoms with Gasteiger partial charge in [0.15, 0.2) is 0 Å². The first kappa shape index (κ1) is 25.4. The van der Waals surface area contributed by atoms with Crippen LogP contribution in [0.15, 0.2) is 115 Å². The third-order valence-electron chi connectivity index (χ3n) is 7.00. The number of rotatable bonds is 8. The first-order valence-corrected chi connectivity index (χ1v) is 13.6. The maximum absolute atomic E-state index is 12.7. The van der Waals surface area contributed by atoms with E-state index in [0.717, 1.165) is 33.6 Å². The minimum absolute atomic E-state index is 0.0607. The van der Waals surface area contributed by atoms with Crippen LogP contribution >= 0.6 is 0 Å². The van der Waals surface area contributed by atoms with E-state index in [2.05, 4.69) is 82.7 Å². The van der Waals surface area contributed by atoms with E-state index in [9.17, 15) is 4.79 Å². The molecule has 0 aliphatic carbocycles. The van der Waals surface area contributed by atoms with Gasteiger partial charge in [-0.3, -0.25) is 4.79 Å². The number of nitrogens with one attached hydrogen (secondary N) is 1. The van der Waals surface area contributed by atoms with Crippen LogP contribution in [0.4, 0.5) is 0 Å². The summed E-state index contributed by atoms with van der Waals surface area (Å²) in [6, 6.07) is 39.1. The Balaban J connectivity index is 1.32. The molecule has 1 N–H and O–H groups in total. The number of fused-ring (bicyclic) bond motifs is 2. The van der Waals surface area contributed by atoms with Gasteiger partial charge < -0.3 is 14.6 Å². The number of ether oxygens (including phenoxy) is 1. The molecule has 0 saturated carbocycles. The molecule has 0 aliphatic rings. The zero-order chi connectivity index (χ0) is 27.5. The first-order valence-electron chi connectivity index (χ1n) is 13.6. The fourth-order valence-electron chi connectivity index (χ4n) is 4.97. The molecule has 0 spiro atoms. The lowest BCUT2D eigenvalue weighted by Gasteiger charge is -2.12. The number of nitrogens with zero attached hydrogens (tertiary/aromatic N) is 2. The Morgan fingerprint density at radius 2 is 1.52 bits per heavy atom. The molecule has 198 valence electrons. The summed E-state index contributed by atoms with van der Waals surface area (Å²) in [7, 11) is 0. The third kappa shape index (κ3) is 5.45. The molecule has 5 heteroatoms. The number of aromatic nitrogens is 2. The van der Waals surface area contributed by atoms with Crippen molar-refractivity contribution in [3.63, 3.8) is 0 Å². The van der Waals surface area contributed by atoms with Crippen LogP contribution in [0.1, 0.15) is 35.6 Å². The van der Waals surface area contributed by atoms with Gasteiger partial charge in [-0.1, -0.05) is 84.9 Å². The average Bonchev–Trinajstić information content (AvgIpc) is 3.32. The maximum atomic E-state index is 12.7. The van der Waals surface area contributed by atoms with Gasteiger partial charge in [0.05, 0.1) is 11.0 Å². The van der Waals surface area contributed by atoms with Crippen molar-refractivity contribution in [2.45, 2.75) is 33.0 Å². The zero-order valence-electron chi connectivity index (χ0n) is 22.7. The van der Waals surface area contributed by atoms with E-state index in [1.165, 1.54) is 16.5 Å². The van der Waals surface area contributed by atoms with Gasteiger partial charge in [-0.25, -0.2) is 4.98 Å². The largest absolute Gasteiger partial charge is 0.486 e. The number of benzene rings is 5. The fourth-order valence-corrected chi connectivity index (χ4v) is 4.97. The lowest BCUT2D eigenvalue weighted by atomic mass is 10.0. The van der Waals surface area contributed by atoms with Crippen molar-refractivity contribution >= 4 is 27.7 Å². The van der Waals surface area contributed by atoms with Crippen molar-refractivity contribution in [3.8, 4) is 16.9 Å². The minimum Gasteiger partial charge on any atom is -0.486 e. The van der Waals surface area contributed by atoms with Crippen molar-refractivity contribution in [1.82, 2.24) is 14.9 Å². The number of hydrogen-bond donors (Lipinski definition) is 1. The lowest BCUT2D eigenvalue weighted by molar-refractivity contribution is 0.0943. The highest BCUT2D eigenvalue weighted by Crippen LogP contribution is 2.25. The summed E-state index contributed by atoms with van der Waals surface area (Å²) in [5.74, 6) is 1.50. The first-order chi connectivity index (χ1) is 19.5. The molecule has 0 radical (unpaired) electrons. The van der Waals surface area contributed by atoms with Crippen LogP contribution in [0.25, 0.3) is 32.9 Å². The molecule has 1 amide bonds. The molecule has 1 heterocycles. The van der Waals surface area contributed by atoms with Crippen molar-refractivity contribution < 1.29 is 9.53 Å². The predicted molar refractivity (Wildman–Crippen MR) is 162 cm³/mol. The summed E-state index contributed by atoms with van der Waals surface area (Å²) in [5.41, 5.74) is 5.87. The number of hydrogen-bond acceptors (Lipinski definition) is 3. The molecule has 6 rings (SSSR count). The molecule has 5 nitrogen and oxygen atoms in total. The summed E-state index contributed by atoms with van der Waals surface area (Å²) in [4.78, 5) is 17.6.